The van der Waals surface area contributed by atoms with Crippen molar-refractivity contribution < 1.29 is 24.0 Å². The highest BCUT2D eigenvalue weighted by atomic mass is 16.6. The van der Waals surface area contributed by atoms with Crippen molar-refractivity contribution in [1.29, 1.82) is 0 Å². The van der Waals surface area contributed by atoms with Gasteiger partial charge in [0.15, 0.2) is 0 Å². The average molecular weight is 471 g/mol. The number of barbiturate groups is 1. The number of rotatable bonds is 7. The van der Waals surface area contributed by atoms with Crippen LogP contribution in [-0.4, -0.2) is 22.8 Å². The number of benzene rings is 3. The Balaban J connectivity index is 1.59. The molecule has 3 aromatic rings. The second-order valence-electron chi connectivity index (χ2n) is 7.73. The molecule has 0 aromatic heterocycles. The topological polar surface area (TPSA) is 119 Å². The maximum atomic E-state index is 13.2. The molecule has 0 saturated carbocycles. The molecular formula is C26H21N3O6. The molecule has 1 N–H and O–H groups in total. The van der Waals surface area contributed by atoms with Gasteiger partial charge in [-0.3, -0.25) is 25.0 Å². The molecule has 3 aromatic carbocycles. The van der Waals surface area contributed by atoms with Gasteiger partial charge >= 0.3 is 6.03 Å². The molecule has 1 saturated heterocycles. The number of urea groups is 1. The fraction of sp³-hybridized carbons (Fsp3) is 0.115. The van der Waals surface area contributed by atoms with Gasteiger partial charge in [0.2, 0.25) is 0 Å². The van der Waals surface area contributed by atoms with Crippen LogP contribution in [0.2, 0.25) is 0 Å². The molecule has 9 heteroatoms. The van der Waals surface area contributed by atoms with Crippen LogP contribution >= 0.6 is 0 Å². The van der Waals surface area contributed by atoms with Gasteiger partial charge in [-0.25, -0.2) is 9.69 Å². The van der Waals surface area contributed by atoms with Gasteiger partial charge in [-0.15, -0.1) is 0 Å². The van der Waals surface area contributed by atoms with Crippen LogP contribution in [0.25, 0.3) is 6.08 Å². The van der Waals surface area contributed by atoms with E-state index in [1.807, 2.05) is 19.1 Å². The smallest absolute Gasteiger partial charge is 0.335 e. The Kier molecular flexibility index (Phi) is 6.68. The first kappa shape index (κ1) is 23.4. The Bertz CT molecular complexity index is 1330. The van der Waals surface area contributed by atoms with Gasteiger partial charge in [-0.1, -0.05) is 37.3 Å². The number of para-hydroxylation sites is 1. The quantitative estimate of drug-likeness (QED) is 0.236. The van der Waals surface area contributed by atoms with Crippen LogP contribution in [0, 0.1) is 10.1 Å². The lowest BCUT2D eigenvalue weighted by Gasteiger charge is -2.26. The van der Waals surface area contributed by atoms with Gasteiger partial charge in [-0.05, 0) is 54.0 Å². The standard InChI is InChI=1S/C26H21N3O6/c1-2-17-7-11-20(12-8-17)28-25(31)22(24(30)27-26(28)32)15-19-5-3-4-6-23(19)35-16-18-9-13-21(14-10-18)29(33)34/h3-15H,2,16H2,1H3,(H,27,30,32)/b22-15-. The maximum absolute atomic E-state index is 13.2. The van der Waals surface area contributed by atoms with Crippen LogP contribution in [0.3, 0.4) is 0 Å². The number of carbonyl (C=O) groups excluding carboxylic acids is 3. The monoisotopic (exact) mass is 471 g/mol. The highest BCUT2D eigenvalue weighted by Gasteiger charge is 2.36. The van der Waals surface area contributed by atoms with Crippen molar-refractivity contribution in [2.75, 3.05) is 4.90 Å². The number of carbonyl (C=O) groups is 3. The normalized spacial score (nSPS) is 14.7. The summed E-state index contributed by atoms with van der Waals surface area (Å²) in [5.74, 6) is -1.14. The van der Waals surface area contributed by atoms with Crippen molar-refractivity contribution in [2.45, 2.75) is 20.0 Å². The molecule has 1 aliphatic rings. The molecule has 0 bridgehead atoms. The van der Waals surface area contributed by atoms with Gasteiger partial charge in [0.25, 0.3) is 17.5 Å². The van der Waals surface area contributed by atoms with Crippen molar-refractivity contribution in [1.82, 2.24) is 5.32 Å². The van der Waals surface area contributed by atoms with E-state index in [-0.39, 0.29) is 17.9 Å². The lowest BCUT2D eigenvalue weighted by Crippen LogP contribution is -2.54. The second kappa shape index (κ2) is 10.0. The minimum Gasteiger partial charge on any atom is -0.488 e. The van der Waals surface area contributed by atoms with Gasteiger partial charge in [-0.2, -0.15) is 0 Å². The summed E-state index contributed by atoms with van der Waals surface area (Å²) in [5.41, 5.74) is 2.33. The summed E-state index contributed by atoms with van der Waals surface area (Å²) in [4.78, 5) is 49.4. The third-order valence-corrected chi connectivity index (χ3v) is 5.46. The van der Waals surface area contributed by atoms with Crippen LogP contribution in [0.5, 0.6) is 5.75 Å². The Morgan fingerprint density at radius 2 is 1.60 bits per heavy atom. The molecule has 4 amide bonds. The zero-order valence-corrected chi connectivity index (χ0v) is 18.8. The SMILES string of the molecule is CCc1ccc(N2C(=O)NC(=O)/C(=C/c3ccccc3OCc3ccc([N+](=O)[O-])cc3)C2=O)cc1. The Labute approximate surface area is 200 Å². The highest BCUT2D eigenvalue weighted by molar-refractivity contribution is 6.39. The summed E-state index contributed by atoms with van der Waals surface area (Å²) in [5, 5.41) is 13.0. The fourth-order valence-electron chi connectivity index (χ4n) is 3.53. The maximum Gasteiger partial charge on any atom is 0.335 e. The molecule has 9 nitrogen and oxygen atoms in total. The van der Waals surface area contributed by atoms with Crippen molar-refractivity contribution in [3.8, 4) is 5.75 Å². The number of nitrogens with one attached hydrogen (secondary N) is 1. The second-order valence-corrected chi connectivity index (χ2v) is 7.73. The zero-order valence-electron chi connectivity index (χ0n) is 18.8. The summed E-state index contributed by atoms with van der Waals surface area (Å²) in [6.07, 6.45) is 2.18. The third-order valence-electron chi connectivity index (χ3n) is 5.46. The average Bonchev–Trinajstić information content (AvgIpc) is 2.86. The van der Waals surface area contributed by atoms with Gasteiger partial charge in [0.05, 0.1) is 10.6 Å². The minimum absolute atomic E-state index is 0.0239. The first-order valence-electron chi connectivity index (χ1n) is 10.8. The van der Waals surface area contributed by atoms with E-state index in [1.165, 1.54) is 18.2 Å². The molecular weight excluding hydrogens is 450 g/mol. The van der Waals surface area contributed by atoms with E-state index in [0.29, 0.717) is 22.6 Å². The number of amides is 4. The van der Waals surface area contributed by atoms with Crippen molar-refractivity contribution in [3.05, 3.63) is 105 Å². The van der Waals surface area contributed by atoms with E-state index in [4.69, 9.17) is 4.74 Å². The molecule has 0 spiro atoms. The van der Waals surface area contributed by atoms with E-state index in [1.54, 1.807) is 48.5 Å². The summed E-state index contributed by atoms with van der Waals surface area (Å²) in [6.45, 7) is 2.11. The summed E-state index contributed by atoms with van der Waals surface area (Å²) < 4.78 is 5.86. The summed E-state index contributed by atoms with van der Waals surface area (Å²) in [7, 11) is 0. The van der Waals surface area contributed by atoms with Crippen molar-refractivity contribution >= 4 is 35.3 Å². The van der Waals surface area contributed by atoms with Crippen molar-refractivity contribution in [3.63, 3.8) is 0 Å². The van der Waals surface area contributed by atoms with E-state index >= 15 is 0 Å². The Morgan fingerprint density at radius 3 is 2.26 bits per heavy atom. The van der Waals surface area contributed by atoms with Gasteiger partial charge in [0.1, 0.15) is 17.9 Å². The molecule has 1 heterocycles. The Morgan fingerprint density at radius 1 is 0.943 bits per heavy atom. The lowest BCUT2D eigenvalue weighted by molar-refractivity contribution is -0.384. The lowest BCUT2D eigenvalue weighted by atomic mass is 10.1. The number of nitrogens with zero attached hydrogens (tertiary/aromatic N) is 2. The van der Waals surface area contributed by atoms with E-state index in [2.05, 4.69) is 5.32 Å². The van der Waals surface area contributed by atoms with E-state index in [0.717, 1.165) is 16.9 Å². The molecule has 1 fully saturated rings. The number of anilines is 1. The number of imide groups is 2. The van der Waals surface area contributed by atoms with Crippen LogP contribution in [0.1, 0.15) is 23.6 Å². The largest absolute Gasteiger partial charge is 0.488 e. The first-order valence-corrected chi connectivity index (χ1v) is 10.8. The third kappa shape index (κ3) is 5.09. The van der Waals surface area contributed by atoms with Gasteiger partial charge in [0, 0.05) is 17.7 Å². The van der Waals surface area contributed by atoms with E-state index < -0.39 is 22.8 Å². The number of hydrogen-bond donors (Lipinski definition) is 1. The molecule has 0 aliphatic carbocycles. The zero-order chi connectivity index (χ0) is 24.9. The number of aryl methyl sites for hydroxylation is 1. The van der Waals surface area contributed by atoms with E-state index in [9.17, 15) is 24.5 Å². The first-order chi connectivity index (χ1) is 16.9. The molecule has 1 aliphatic heterocycles. The number of non-ortho nitro benzene ring substituents is 1. The molecule has 176 valence electrons. The number of nitro groups is 1. The number of nitro benzene ring substituents is 1. The highest BCUT2D eigenvalue weighted by Crippen LogP contribution is 2.26. The molecule has 0 radical (unpaired) electrons. The van der Waals surface area contributed by atoms with Gasteiger partial charge < -0.3 is 4.74 Å². The van der Waals surface area contributed by atoms with Crippen LogP contribution < -0.4 is 15.0 Å². The minimum atomic E-state index is -0.816. The molecule has 0 unspecified atom stereocenters. The summed E-state index contributed by atoms with van der Waals surface area (Å²) >= 11 is 0. The molecule has 4 rings (SSSR count). The fourth-order valence-corrected chi connectivity index (χ4v) is 3.53. The molecule has 0 atom stereocenters. The number of ether oxygens (including phenoxy) is 1. The number of hydrogen-bond acceptors (Lipinski definition) is 6. The van der Waals surface area contributed by atoms with Crippen LogP contribution in [-0.2, 0) is 22.6 Å². The van der Waals surface area contributed by atoms with Crippen molar-refractivity contribution in [2.24, 2.45) is 0 Å². The van der Waals surface area contributed by atoms with Crippen LogP contribution in [0.15, 0.2) is 78.4 Å². The Hall–Kier alpha value is -4.79. The van der Waals surface area contributed by atoms with Crippen LogP contribution in [0.4, 0.5) is 16.2 Å². The predicted molar refractivity (Wildman–Crippen MR) is 129 cm³/mol. The molecule has 35 heavy (non-hydrogen) atoms. The predicted octanol–water partition coefficient (Wildman–Crippen LogP) is 4.40. The summed E-state index contributed by atoms with van der Waals surface area (Å²) in [6, 6.07) is 18.9.